The van der Waals surface area contributed by atoms with Crippen molar-refractivity contribution in [2.75, 3.05) is 5.32 Å². The van der Waals surface area contributed by atoms with Gasteiger partial charge >= 0.3 is 0 Å². The van der Waals surface area contributed by atoms with Crippen LogP contribution in [0.25, 0.3) is 0 Å². The maximum Gasteiger partial charge on any atom is 0.123 e. The molecule has 0 heterocycles. The van der Waals surface area contributed by atoms with Gasteiger partial charge in [0.05, 0.1) is 6.10 Å². The van der Waals surface area contributed by atoms with E-state index in [4.69, 9.17) is 4.74 Å². The molecule has 0 aliphatic carbocycles. The lowest BCUT2D eigenvalue weighted by Gasteiger charge is -2.14. The topological polar surface area (TPSA) is 21.3 Å². The van der Waals surface area contributed by atoms with Crippen molar-refractivity contribution in [3.8, 4) is 5.75 Å². The first-order valence-electron chi connectivity index (χ1n) is 6.80. The molecule has 106 valence electrons. The molecule has 0 radical (unpaired) electrons. The number of anilines is 1. The van der Waals surface area contributed by atoms with E-state index in [1.165, 1.54) is 12.1 Å². The minimum atomic E-state index is -0.208. The average molecular weight is 273 g/mol. The molecule has 0 atom stereocenters. The van der Waals surface area contributed by atoms with Crippen molar-refractivity contribution in [2.24, 2.45) is 0 Å². The van der Waals surface area contributed by atoms with E-state index in [-0.39, 0.29) is 11.9 Å². The van der Waals surface area contributed by atoms with Crippen molar-refractivity contribution in [2.45, 2.75) is 33.4 Å². The van der Waals surface area contributed by atoms with E-state index in [0.717, 1.165) is 22.6 Å². The molecule has 0 saturated carbocycles. The molecule has 2 aromatic carbocycles. The Kier molecular flexibility index (Phi) is 4.61. The van der Waals surface area contributed by atoms with Crippen LogP contribution in [0.4, 0.5) is 10.1 Å². The lowest BCUT2D eigenvalue weighted by Crippen LogP contribution is -2.06. The van der Waals surface area contributed by atoms with Gasteiger partial charge in [0, 0.05) is 12.2 Å². The van der Waals surface area contributed by atoms with Gasteiger partial charge in [0.1, 0.15) is 11.6 Å². The molecule has 20 heavy (non-hydrogen) atoms. The van der Waals surface area contributed by atoms with Gasteiger partial charge < -0.3 is 10.1 Å². The summed E-state index contributed by atoms with van der Waals surface area (Å²) in [6, 6.07) is 12.5. The van der Waals surface area contributed by atoms with Crippen LogP contribution in [0.3, 0.4) is 0 Å². The van der Waals surface area contributed by atoms with E-state index < -0.39 is 0 Å². The lowest BCUT2D eigenvalue weighted by molar-refractivity contribution is 0.242. The van der Waals surface area contributed by atoms with Gasteiger partial charge in [0.2, 0.25) is 0 Å². The number of nitrogens with one attached hydrogen (secondary N) is 1. The number of benzene rings is 2. The van der Waals surface area contributed by atoms with Crippen LogP contribution in [-0.2, 0) is 6.54 Å². The molecular weight excluding hydrogens is 253 g/mol. The van der Waals surface area contributed by atoms with Crippen molar-refractivity contribution in [3.05, 3.63) is 59.4 Å². The number of aryl methyl sites for hydroxylation is 1. The van der Waals surface area contributed by atoms with Crippen molar-refractivity contribution < 1.29 is 9.13 Å². The Bertz CT molecular complexity index is 564. The summed E-state index contributed by atoms with van der Waals surface area (Å²) < 4.78 is 18.5. The molecule has 0 unspecified atom stereocenters. The van der Waals surface area contributed by atoms with Crippen LogP contribution >= 0.6 is 0 Å². The van der Waals surface area contributed by atoms with Crippen molar-refractivity contribution >= 4 is 5.69 Å². The molecule has 2 nitrogen and oxygen atoms in total. The van der Waals surface area contributed by atoms with E-state index in [2.05, 4.69) is 5.32 Å². The monoisotopic (exact) mass is 273 g/mol. The number of ether oxygens (including phenoxy) is 1. The molecule has 0 bridgehead atoms. The standard InChI is InChI=1S/C17H20FNO/c1-12(2)20-16-8-9-17(13(3)10-16)19-11-14-4-6-15(18)7-5-14/h4-10,12,19H,11H2,1-3H3. The molecule has 0 fully saturated rings. The Hall–Kier alpha value is -2.03. The number of halogens is 1. The molecule has 2 rings (SSSR count). The summed E-state index contributed by atoms with van der Waals surface area (Å²) in [5.74, 6) is 0.671. The van der Waals surface area contributed by atoms with Gasteiger partial charge in [-0.05, 0) is 62.2 Å². The van der Waals surface area contributed by atoms with E-state index in [1.54, 1.807) is 12.1 Å². The van der Waals surface area contributed by atoms with Crippen LogP contribution < -0.4 is 10.1 Å². The first-order valence-corrected chi connectivity index (χ1v) is 6.80. The summed E-state index contributed by atoms with van der Waals surface area (Å²) in [6.07, 6.45) is 0.174. The Morgan fingerprint density at radius 2 is 1.80 bits per heavy atom. The third-order valence-electron chi connectivity index (χ3n) is 2.97. The largest absolute Gasteiger partial charge is 0.491 e. The first kappa shape index (κ1) is 14.4. The second kappa shape index (κ2) is 6.42. The van der Waals surface area contributed by atoms with Crippen LogP contribution in [0, 0.1) is 12.7 Å². The molecule has 3 heteroatoms. The van der Waals surface area contributed by atoms with E-state index in [1.807, 2.05) is 39.0 Å². The minimum Gasteiger partial charge on any atom is -0.491 e. The van der Waals surface area contributed by atoms with Crippen molar-refractivity contribution in [1.82, 2.24) is 0 Å². The normalized spacial score (nSPS) is 10.7. The second-order valence-corrected chi connectivity index (χ2v) is 5.12. The lowest BCUT2D eigenvalue weighted by atomic mass is 10.1. The van der Waals surface area contributed by atoms with Crippen LogP contribution in [0.15, 0.2) is 42.5 Å². The van der Waals surface area contributed by atoms with Gasteiger partial charge in [-0.3, -0.25) is 0 Å². The zero-order chi connectivity index (χ0) is 14.5. The van der Waals surface area contributed by atoms with Gasteiger partial charge in [0.15, 0.2) is 0 Å². The van der Waals surface area contributed by atoms with Gasteiger partial charge in [-0.2, -0.15) is 0 Å². The molecule has 0 aromatic heterocycles. The van der Waals surface area contributed by atoms with E-state index in [9.17, 15) is 4.39 Å². The number of hydrogen-bond donors (Lipinski definition) is 1. The summed E-state index contributed by atoms with van der Waals surface area (Å²) >= 11 is 0. The predicted molar refractivity (Wildman–Crippen MR) is 80.7 cm³/mol. The zero-order valence-electron chi connectivity index (χ0n) is 12.1. The Morgan fingerprint density at radius 3 is 2.40 bits per heavy atom. The smallest absolute Gasteiger partial charge is 0.123 e. The Morgan fingerprint density at radius 1 is 1.10 bits per heavy atom. The van der Waals surface area contributed by atoms with Crippen LogP contribution in [0.5, 0.6) is 5.75 Å². The van der Waals surface area contributed by atoms with Crippen LogP contribution in [-0.4, -0.2) is 6.10 Å². The molecule has 1 N–H and O–H groups in total. The molecule has 2 aromatic rings. The fourth-order valence-electron chi connectivity index (χ4n) is 1.98. The first-order chi connectivity index (χ1) is 9.54. The highest BCUT2D eigenvalue weighted by Gasteiger charge is 2.03. The van der Waals surface area contributed by atoms with Crippen LogP contribution in [0.1, 0.15) is 25.0 Å². The van der Waals surface area contributed by atoms with E-state index in [0.29, 0.717) is 6.54 Å². The summed E-state index contributed by atoms with van der Waals surface area (Å²) in [6.45, 7) is 6.73. The van der Waals surface area contributed by atoms with Gasteiger partial charge in [-0.25, -0.2) is 4.39 Å². The summed E-state index contributed by atoms with van der Waals surface area (Å²) in [4.78, 5) is 0. The molecular formula is C17H20FNO. The molecule has 0 amide bonds. The predicted octanol–water partition coefficient (Wildman–Crippen LogP) is 4.53. The highest BCUT2D eigenvalue weighted by atomic mass is 19.1. The summed E-state index contributed by atoms with van der Waals surface area (Å²) in [7, 11) is 0. The average Bonchev–Trinajstić information content (AvgIpc) is 2.39. The highest BCUT2D eigenvalue weighted by Crippen LogP contribution is 2.22. The summed E-state index contributed by atoms with van der Waals surface area (Å²) in [5, 5.41) is 3.35. The third-order valence-corrected chi connectivity index (χ3v) is 2.97. The number of hydrogen-bond acceptors (Lipinski definition) is 2. The van der Waals surface area contributed by atoms with Crippen molar-refractivity contribution in [3.63, 3.8) is 0 Å². The zero-order valence-corrected chi connectivity index (χ0v) is 12.1. The van der Waals surface area contributed by atoms with Crippen LogP contribution in [0.2, 0.25) is 0 Å². The Labute approximate surface area is 119 Å². The fraction of sp³-hybridized carbons (Fsp3) is 0.294. The fourth-order valence-corrected chi connectivity index (χ4v) is 1.98. The third kappa shape index (κ3) is 3.98. The van der Waals surface area contributed by atoms with Gasteiger partial charge in [0.25, 0.3) is 0 Å². The molecule has 0 saturated heterocycles. The maximum absolute atomic E-state index is 12.8. The Balaban J connectivity index is 2.01. The van der Waals surface area contributed by atoms with Gasteiger partial charge in [-0.15, -0.1) is 0 Å². The minimum absolute atomic E-state index is 0.174. The summed E-state index contributed by atoms with van der Waals surface area (Å²) in [5.41, 5.74) is 3.24. The highest BCUT2D eigenvalue weighted by molar-refractivity contribution is 5.53. The molecule has 0 spiro atoms. The number of rotatable bonds is 5. The van der Waals surface area contributed by atoms with Gasteiger partial charge in [-0.1, -0.05) is 12.1 Å². The SMILES string of the molecule is Cc1cc(OC(C)C)ccc1NCc1ccc(F)cc1. The van der Waals surface area contributed by atoms with E-state index >= 15 is 0 Å². The second-order valence-electron chi connectivity index (χ2n) is 5.12. The maximum atomic E-state index is 12.8. The van der Waals surface area contributed by atoms with Crippen molar-refractivity contribution in [1.29, 1.82) is 0 Å². The molecule has 0 aliphatic rings. The molecule has 0 aliphatic heterocycles. The quantitative estimate of drug-likeness (QED) is 0.864.